The van der Waals surface area contributed by atoms with Gasteiger partial charge in [0.25, 0.3) is 6.43 Å². The summed E-state index contributed by atoms with van der Waals surface area (Å²) >= 11 is 5.34. The zero-order chi connectivity index (χ0) is 22.8. The van der Waals surface area contributed by atoms with E-state index in [9.17, 15) is 8.78 Å². The molecule has 1 fully saturated rings. The molecule has 0 heterocycles. The SMILES string of the molecule is CCCCCCCCC1CCC(c2ccc(OC(=S)c3ccc(C(F)F)cc3)cc2)CC1. The Kier molecular flexibility index (Phi) is 10.1. The molecule has 1 nitrogen and oxygen atoms in total. The Labute approximate surface area is 197 Å². The minimum atomic E-state index is -2.48. The summed E-state index contributed by atoms with van der Waals surface area (Å²) in [7, 11) is 0. The topological polar surface area (TPSA) is 9.23 Å². The van der Waals surface area contributed by atoms with E-state index in [1.54, 1.807) is 12.1 Å². The fraction of sp³-hybridized carbons (Fsp3) is 0.536. The summed E-state index contributed by atoms with van der Waals surface area (Å²) in [5.74, 6) is 2.24. The molecule has 0 N–H and O–H groups in total. The highest BCUT2D eigenvalue weighted by atomic mass is 32.1. The van der Waals surface area contributed by atoms with E-state index in [-0.39, 0.29) is 5.56 Å². The Morgan fingerprint density at radius 3 is 2.12 bits per heavy atom. The molecule has 0 aromatic heterocycles. The van der Waals surface area contributed by atoms with Crippen LogP contribution in [0.1, 0.15) is 107 Å². The van der Waals surface area contributed by atoms with Crippen LogP contribution in [0.15, 0.2) is 48.5 Å². The molecule has 0 bridgehead atoms. The van der Waals surface area contributed by atoms with E-state index >= 15 is 0 Å². The lowest BCUT2D eigenvalue weighted by Crippen LogP contribution is -2.13. The molecule has 2 aromatic rings. The summed E-state index contributed by atoms with van der Waals surface area (Å²) in [5.41, 5.74) is 2.00. The lowest BCUT2D eigenvalue weighted by molar-refractivity contribution is 0.151. The van der Waals surface area contributed by atoms with Crippen molar-refractivity contribution >= 4 is 17.3 Å². The van der Waals surface area contributed by atoms with Gasteiger partial charge < -0.3 is 4.74 Å². The summed E-state index contributed by atoms with van der Waals surface area (Å²) < 4.78 is 31.2. The molecule has 0 radical (unpaired) electrons. The third-order valence-electron chi connectivity index (χ3n) is 6.77. The molecule has 2 aromatic carbocycles. The Morgan fingerprint density at radius 2 is 1.50 bits per heavy atom. The average molecular weight is 459 g/mol. The highest BCUT2D eigenvalue weighted by molar-refractivity contribution is 7.80. The van der Waals surface area contributed by atoms with Gasteiger partial charge in [0, 0.05) is 11.1 Å². The van der Waals surface area contributed by atoms with Crippen LogP contribution in [0.5, 0.6) is 5.75 Å². The van der Waals surface area contributed by atoms with Crippen LogP contribution < -0.4 is 4.74 Å². The van der Waals surface area contributed by atoms with E-state index in [0.717, 1.165) is 5.92 Å². The smallest absolute Gasteiger partial charge is 0.263 e. The molecule has 0 spiro atoms. The first-order valence-electron chi connectivity index (χ1n) is 12.3. The lowest BCUT2D eigenvalue weighted by Gasteiger charge is -2.29. The van der Waals surface area contributed by atoms with E-state index < -0.39 is 6.43 Å². The van der Waals surface area contributed by atoms with Gasteiger partial charge in [-0.2, -0.15) is 0 Å². The zero-order valence-electron chi connectivity index (χ0n) is 19.2. The highest BCUT2D eigenvalue weighted by Crippen LogP contribution is 2.38. The molecule has 0 atom stereocenters. The molecule has 0 saturated heterocycles. The maximum atomic E-state index is 12.7. The van der Waals surface area contributed by atoms with E-state index in [1.807, 2.05) is 12.1 Å². The van der Waals surface area contributed by atoms with Crippen LogP contribution in [0.25, 0.3) is 0 Å². The first-order chi connectivity index (χ1) is 15.6. The number of hydrogen-bond acceptors (Lipinski definition) is 2. The van der Waals surface area contributed by atoms with Crippen molar-refractivity contribution in [3.63, 3.8) is 0 Å². The van der Waals surface area contributed by atoms with E-state index in [0.29, 0.717) is 22.3 Å². The standard InChI is InChI=1S/C28H36F2OS/c1-2-3-4-5-6-7-8-21-9-11-22(12-10-21)23-17-19-26(20-18-23)31-28(32)25-15-13-24(14-16-25)27(29)30/h13-22,27H,2-12H2,1H3. The summed E-state index contributed by atoms with van der Waals surface area (Å²) in [6, 6.07) is 14.2. The Balaban J connectivity index is 1.41. The minimum absolute atomic E-state index is 0.0115. The first kappa shape index (κ1) is 24.8. The van der Waals surface area contributed by atoms with Gasteiger partial charge in [0.2, 0.25) is 0 Å². The predicted molar refractivity (Wildman–Crippen MR) is 133 cm³/mol. The fourth-order valence-corrected chi connectivity index (χ4v) is 4.97. The van der Waals surface area contributed by atoms with Gasteiger partial charge in [0.1, 0.15) is 5.75 Å². The first-order valence-corrected chi connectivity index (χ1v) is 12.7. The fourth-order valence-electron chi connectivity index (χ4n) is 4.74. The maximum absolute atomic E-state index is 12.7. The van der Waals surface area contributed by atoms with Gasteiger partial charge in [-0.15, -0.1) is 0 Å². The van der Waals surface area contributed by atoms with Crippen LogP contribution in [0, 0.1) is 5.92 Å². The van der Waals surface area contributed by atoms with Gasteiger partial charge in [-0.05, 0) is 79.6 Å². The summed E-state index contributed by atoms with van der Waals surface area (Å²) in [5, 5.41) is 0.300. The van der Waals surface area contributed by atoms with Gasteiger partial charge in [0.05, 0.1) is 0 Å². The van der Waals surface area contributed by atoms with Crippen LogP contribution in [0.3, 0.4) is 0 Å². The molecule has 1 aliphatic carbocycles. The highest BCUT2D eigenvalue weighted by Gasteiger charge is 2.22. The Bertz CT molecular complexity index is 808. The normalized spacial score (nSPS) is 18.6. The van der Waals surface area contributed by atoms with Crippen molar-refractivity contribution in [1.29, 1.82) is 0 Å². The molecule has 3 rings (SSSR count). The van der Waals surface area contributed by atoms with Crippen LogP contribution in [-0.2, 0) is 0 Å². The number of ether oxygens (including phenoxy) is 1. The summed E-state index contributed by atoms with van der Waals surface area (Å²) in [6.45, 7) is 2.27. The number of unbranched alkanes of at least 4 members (excludes halogenated alkanes) is 5. The van der Waals surface area contributed by atoms with E-state index in [1.165, 1.54) is 88.3 Å². The molecule has 1 aliphatic rings. The van der Waals surface area contributed by atoms with Gasteiger partial charge in [-0.3, -0.25) is 0 Å². The van der Waals surface area contributed by atoms with Crippen LogP contribution in [0.4, 0.5) is 8.78 Å². The average Bonchev–Trinajstić information content (AvgIpc) is 2.82. The van der Waals surface area contributed by atoms with Crippen LogP contribution >= 0.6 is 12.2 Å². The van der Waals surface area contributed by atoms with Gasteiger partial charge in [-0.25, -0.2) is 8.78 Å². The summed E-state index contributed by atoms with van der Waals surface area (Å²) in [4.78, 5) is 0. The molecule has 174 valence electrons. The Morgan fingerprint density at radius 1 is 0.875 bits per heavy atom. The minimum Gasteiger partial charge on any atom is -0.445 e. The largest absolute Gasteiger partial charge is 0.445 e. The second-order valence-corrected chi connectivity index (χ2v) is 9.53. The number of halogens is 2. The molecule has 4 heteroatoms. The van der Waals surface area contributed by atoms with Crippen molar-refractivity contribution in [2.24, 2.45) is 5.92 Å². The van der Waals surface area contributed by atoms with E-state index in [4.69, 9.17) is 17.0 Å². The third kappa shape index (κ3) is 7.65. The Hall–Kier alpha value is -1.81. The second-order valence-electron chi connectivity index (χ2n) is 9.16. The van der Waals surface area contributed by atoms with Crippen LogP contribution in [0.2, 0.25) is 0 Å². The maximum Gasteiger partial charge on any atom is 0.263 e. The molecule has 0 unspecified atom stereocenters. The zero-order valence-corrected chi connectivity index (χ0v) is 20.0. The molecule has 1 saturated carbocycles. The number of rotatable bonds is 11. The second kappa shape index (κ2) is 13.0. The molecular formula is C28H36F2OS. The number of hydrogen-bond donors (Lipinski definition) is 0. The number of benzene rings is 2. The van der Waals surface area contributed by atoms with Crippen molar-refractivity contribution < 1.29 is 13.5 Å². The van der Waals surface area contributed by atoms with Gasteiger partial charge in [0.15, 0.2) is 5.05 Å². The van der Waals surface area contributed by atoms with Gasteiger partial charge in [-0.1, -0.05) is 76.1 Å². The summed E-state index contributed by atoms with van der Waals surface area (Å²) in [6.07, 6.45) is 12.5. The monoisotopic (exact) mass is 458 g/mol. The van der Waals surface area contributed by atoms with Crippen molar-refractivity contribution in [2.75, 3.05) is 0 Å². The molecule has 0 amide bonds. The molecule has 32 heavy (non-hydrogen) atoms. The number of thiocarbonyl (C=S) groups is 1. The molecule has 0 aliphatic heterocycles. The quantitative estimate of drug-likeness (QED) is 0.245. The van der Waals surface area contributed by atoms with Crippen molar-refractivity contribution in [3.05, 3.63) is 65.2 Å². The van der Waals surface area contributed by atoms with Crippen molar-refractivity contribution in [3.8, 4) is 5.75 Å². The van der Waals surface area contributed by atoms with Crippen molar-refractivity contribution in [1.82, 2.24) is 0 Å². The van der Waals surface area contributed by atoms with Crippen LogP contribution in [-0.4, -0.2) is 5.05 Å². The predicted octanol–water partition coefficient (Wildman–Crippen LogP) is 9.40. The van der Waals surface area contributed by atoms with E-state index in [2.05, 4.69) is 19.1 Å². The van der Waals surface area contributed by atoms with Gasteiger partial charge >= 0.3 is 0 Å². The third-order valence-corrected chi connectivity index (χ3v) is 7.09. The lowest BCUT2D eigenvalue weighted by atomic mass is 9.77. The number of alkyl halides is 2. The molecular weight excluding hydrogens is 422 g/mol. The van der Waals surface area contributed by atoms with Crippen molar-refractivity contribution in [2.45, 2.75) is 89.9 Å².